The second-order valence-electron chi connectivity index (χ2n) is 5.42. The van der Waals surface area contributed by atoms with Crippen LogP contribution < -0.4 is 5.32 Å². The monoisotopic (exact) mass is 237 g/mol. The van der Waals surface area contributed by atoms with E-state index in [4.69, 9.17) is 0 Å². The van der Waals surface area contributed by atoms with Crippen molar-refractivity contribution in [1.29, 1.82) is 0 Å². The van der Waals surface area contributed by atoms with Gasteiger partial charge in [0.05, 0.1) is 12.0 Å². The summed E-state index contributed by atoms with van der Waals surface area (Å²) in [5.41, 5.74) is 1.27. The van der Waals surface area contributed by atoms with Gasteiger partial charge in [-0.3, -0.25) is 0 Å². The maximum atomic E-state index is 4.22. The molecule has 17 heavy (non-hydrogen) atoms. The summed E-state index contributed by atoms with van der Waals surface area (Å²) in [4.78, 5) is 4.22. The molecule has 3 heteroatoms. The van der Waals surface area contributed by atoms with Crippen molar-refractivity contribution in [2.45, 2.75) is 66.1 Å². The van der Waals surface area contributed by atoms with E-state index in [1.54, 1.807) is 0 Å². The molecule has 1 aromatic heterocycles. The highest BCUT2D eigenvalue weighted by atomic mass is 15.1. The smallest absolute Gasteiger partial charge is 0.0951 e. The van der Waals surface area contributed by atoms with Crippen molar-refractivity contribution < 1.29 is 0 Å². The highest BCUT2D eigenvalue weighted by Gasteiger charge is 2.09. The van der Waals surface area contributed by atoms with Crippen LogP contribution in [-0.2, 0) is 6.54 Å². The molecule has 0 aromatic carbocycles. The number of nitrogens with zero attached hydrogens (tertiary/aromatic N) is 2. The summed E-state index contributed by atoms with van der Waals surface area (Å²) in [5, 5.41) is 3.58. The van der Waals surface area contributed by atoms with E-state index in [9.17, 15) is 0 Å². The van der Waals surface area contributed by atoms with E-state index in [0.29, 0.717) is 12.1 Å². The molecule has 1 aromatic rings. The van der Waals surface area contributed by atoms with Crippen molar-refractivity contribution in [2.75, 3.05) is 0 Å². The number of rotatable bonds is 7. The van der Waals surface area contributed by atoms with Gasteiger partial charge in [0.2, 0.25) is 0 Å². The zero-order valence-electron chi connectivity index (χ0n) is 11.9. The molecular weight excluding hydrogens is 210 g/mol. The minimum Gasteiger partial charge on any atom is -0.331 e. The van der Waals surface area contributed by atoms with Crippen LogP contribution in [0.25, 0.3) is 0 Å². The summed E-state index contributed by atoms with van der Waals surface area (Å²) in [5.74, 6) is 0.799. The summed E-state index contributed by atoms with van der Waals surface area (Å²) in [6, 6.07) is 1.06. The van der Waals surface area contributed by atoms with Gasteiger partial charge in [-0.25, -0.2) is 4.98 Å². The fraction of sp³-hybridized carbons (Fsp3) is 0.786. The average Bonchev–Trinajstić information content (AvgIpc) is 2.74. The third kappa shape index (κ3) is 4.50. The van der Waals surface area contributed by atoms with Crippen molar-refractivity contribution in [2.24, 2.45) is 5.92 Å². The largest absolute Gasteiger partial charge is 0.331 e. The summed E-state index contributed by atoms with van der Waals surface area (Å²) in [6.45, 7) is 12.1. The van der Waals surface area contributed by atoms with Crippen molar-refractivity contribution in [3.8, 4) is 0 Å². The molecule has 0 saturated carbocycles. The number of imidazole rings is 1. The molecule has 3 nitrogen and oxygen atoms in total. The maximum Gasteiger partial charge on any atom is 0.0951 e. The van der Waals surface area contributed by atoms with Crippen LogP contribution in [0.3, 0.4) is 0 Å². The van der Waals surface area contributed by atoms with Crippen molar-refractivity contribution in [1.82, 2.24) is 14.9 Å². The molecule has 1 rings (SSSR count). The van der Waals surface area contributed by atoms with Gasteiger partial charge in [0.15, 0.2) is 0 Å². The van der Waals surface area contributed by atoms with Gasteiger partial charge < -0.3 is 9.88 Å². The van der Waals surface area contributed by atoms with E-state index in [1.165, 1.54) is 18.5 Å². The Morgan fingerprint density at radius 1 is 1.29 bits per heavy atom. The first kappa shape index (κ1) is 14.2. The normalized spacial score (nSPS) is 15.2. The van der Waals surface area contributed by atoms with Gasteiger partial charge in [-0.15, -0.1) is 0 Å². The fourth-order valence-corrected chi connectivity index (χ4v) is 2.07. The Morgan fingerprint density at radius 3 is 2.59 bits per heavy atom. The molecule has 0 spiro atoms. The van der Waals surface area contributed by atoms with Crippen LogP contribution in [0, 0.1) is 5.92 Å². The predicted molar refractivity (Wildman–Crippen MR) is 73.0 cm³/mol. The fourth-order valence-electron chi connectivity index (χ4n) is 2.07. The Hall–Kier alpha value is -0.830. The van der Waals surface area contributed by atoms with Crippen LogP contribution in [-0.4, -0.2) is 15.6 Å². The minimum atomic E-state index is 0.485. The molecule has 0 aliphatic rings. The molecule has 0 bridgehead atoms. The Labute approximate surface area is 106 Å². The van der Waals surface area contributed by atoms with E-state index < -0.39 is 0 Å². The Balaban J connectivity index is 2.42. The summed E-state index contributed by atoms with van der Waals surface area (Å²) in [6.07, 6.45) is 6.38. The molecule has 2 unspecified atom stereocenters. The number of hydrogen-bond donors (Lipinski definition) is 1. The van der Waals surface area contributed by atoms with E-state index in [2.05, 4.69) is 49.5 Å². The Kier molecular flexibility index (Phi) is 5.69. The number of aromatic nitrogens is 2. The third-order valence-electron chi connectivity index (χ3n) is 3.39. The molecule has 0 saturated heterocycles. The molecule has 1 N–H and O–H groups in total. The molecule has 0 fully saturated rings. The summed E-state index contributed by atoms with van der Waals surface area (Å²) < 4.78 is 2.23. The molecular formula is C14H27N3. The SMILES string of the molecule is CCC(C)CC(C)NCc1cncn1C(C)C. The van der Waals surface area contributed by atoms with Crippen molar-refractivity contribution >= 4 is 0 Å². The lowest BCUT2D eigenvalue weighted by Gasteiger charge is -2.18. The molecule has 2 atom stereocenters. The topological polar surface area (TPSA) is 29.9 Å². The highest BCUT2D eigenvalue weighted by molar-refractivity contribution is 4.99. The second-order valence-corrected chi connectivity index (χ2v) is 5.42. The lowest BCUT2D eigenvalue weighted by atomic mass is 10.0. The zero-order valence-corrected chi connectivity index (χ0v) is 11.9. The first-order valence-corrected chi connectivity index (χ1v) is 6.78. The Morgan fingerprint density at radius 2 is 2.00 bits per heavy atom. The van der Waals surface area contributed by atoms with Gasteiger partial charge in [0, 0.05) is 24.8 Å². The third-order valence-corrected chi connectivity index (χ3v) is 3.39. The van der Waals surface area contributed by atoms with Crippen LogP contribution in [0.1, 0.15) is 59.2 Å². The lowest BCUT2D eigenvalue weighted by Crippen LogP contribution is -2.28. The Bertz CT molecular complexity index is 317. The van der Waals surface area contributed by atoms with Crippen LogP contribution in [0.15, 0.2) is 12.5 Å². The maximum absolute atomic E-state index is 4.22. The summed E-state index contributed by atoms with van der Waals surface area (Å²) in [7, 11) is 0. The average molecular weight is 237 g/mol. The standard InChI is InChI=1S/C14H27N3/c1-6-12(4)7-13(5)16-9-14-8-15-10-17(14)11(2)3/h8,10-13,16H,6-7,9H2,1-5H3. The molecule has 0 amide bonds. The molecule has 0 aliphatic heterocycles. The summed E-state index contributed by atoms with van der Waals surface area (Å²) >= 11 is 0. The first-order valence-electron chi connectivity index (χ1n) is 6.78. The van der Waals surface area contributed by atoms with E-state index in [0.717, 1.165) is 12.5 Å². The number of nitrogens with one attached hydrogen (secondary N) is 1. The first-order chi connectivity index (χ1) is 8.04. The van der Waals surface area contributed by atoms with Crippen molar-refractivity contribution in [3.05, 3.63) is 18.2 Å². The molecule has 1 heterocycles. The van der Waals surface area contributed by atoms with Gasteiger partial charge in [-0.1, -0.05) is 20.3 Å². The lowest BCUT2D eigenvalue weighted by molar-refractivity contribution is 0.405. The zero-order chi connectivity index (χ0) is 12.8. The molecule has 0 aliphatic carbocycles. The van der Waals surface area contributed by atoms with E-state index in [-0.39, 0.29) is 0 Å². The molecule has 0 radical (unpaired) electrons. The van der Waals surface area contributed by atoms with Crippen molar-refractivity contribution in [3.63, 3.8) is 0 Å². The van der Waals surface area contributed by atoms with Gasteiger partial charge in [-0.2, -0.15) is 0 Å². The quantitative estimate of drug-likeness (QED) is 0.788. The van der Waals surface area contributed by atoms with Crippen LogP contribution >= 0.6 is 0 Å². The second kappa shape index (κ2) is 6.80. The van der Waals surface area contributed by atoms with Crippen LogP contribution in [0.2, 0.25) is 0 Å². The van der Waals surface area contributed by atoms with E-state index >= 15 is 0 Å². The van der Waals surface area contributed by atoms with Gasteiger partial charge in [0.25, 0.3) is 0 Å². The number of hydrogen-bond acceptors (Lipinski definition) is 2. The minimum absolute atomic E-state index is 0.485. The van der Waals surface area contributed by atoms with Gasteiger partial charge >= 0.3 is 0 Å². The molecule has 98 valence electrons. The van der Waals surface area contributed by atoms with Gasteiger partial charge in [0.1, 0.15) is 0 Å². The predicted octanol–water partition coefficient (Wildman–Crippen LogP) is 3.38. The van der Waals surface area contributed by atoms with Gasteiger partial charge in [-0.05, 0) is 33.1 Å². The van der Waals surface area contributed by atoms with E-state index in [1.807, 2.05) is 12.5 Å². The van der Waals surface area contributed by atoms with Crippen LogP contribution in [0.5, 0.6) is 0 Å². The highest BCUT2D eigenvalue weighted by Crippen LogP contribution is 2.11. The van der Waals surface area contributed by atoms with Crippen LogP contribution in [0.4, 0.5) is 0 Å².